The van der Waals surface area contributed by atoms with Gasteiger partial charge in [0.15, 0.2) is 0 Å². The zero-order valence-electron chi connectivity index (χ0n) is 13.2. The van der Waals surface area contributed by atoms with Gasteiger partial charge in [0.2, 0.25) is 0 Å². The summed E-state index contributed by atoms with van der Waals surface area (Å²) < 4.78 is 5.54. The Balaban J connectivity index is 3.34. The average Bonchev–Trinajstić information content (AvgIpc) is 2.42. The summed E-state index contributed by atoms with van der Waals surface area (Å²) in [5.41, 5.74) is 16.5. The normalized spacial score (nSPS) is 11.6. The summed E-state index contributed by atoms with van der Waals surface area (Å²) in [4.78, 5) is 0. The largest absolute Gasteiger partial charge is 0.496 e. The zero-order chi connectivity index (χ0) is 15.3. The Morgan fingerprint density at radius 3 is 2.40 bits per heavy atom. The number of nitrogens with two attached hydrogens (primary N) is 2. The molecule has 0 heterocycles. The van der Waals surface area contributed by atoms with Crippen molar-refractivity contribution in [3.05, 3.63) is 41.1 Å². The maximum absolute atomic E-state index is 5.85. The van der Waals surface area contributed by atoms with Crippen molar-refractivity contribution in [3.63, 3.8) is 0 Å². The highest BCUT2D eigenvalue weighted by molar-refractivity contribution is 5.75. The van der Waals surface area contributed by atoms with Gasteiger partial charge in [-0.1, -0.05) is 31.6 Å². The number of ether oxygens (including phenoxy) is 1. The SMILES string of the molecule is COc1cc(/C(N)=C/N)ccc1C(CC(C)C)=C(C)C. The lowest BCUT2D eigenvalue weighted by molar-refractivity contribution is 0.413. The Kier molecular flexibility index (Phi) is 5.68. The van der Waals surface area contributed by atoms with E-state index in [1.165, 1.54) is 17.3 Å². The van der Waals surface area contributed by atoms with E-state index in [1.807, 2.05) is 12.1 Å². The molecule has 0 saturated carbocycles. The third kappa shape index (κ3) is 3.80. The van der Waals surface area contributed by atoms with Crippen molar-refractivity contribution in [2.75, 3.05) is 7.11 Å². The smallest absolute Gasteiger partial charge is 0.127 e. The van der Waals surface area contributed by atoms with Gasteiger partial charge in [0.05, 0.1) is 12.8 Å². The molecule has 0 amide bonds. The second-order valence-corrected chi connectivity index (χ2v) is 5.61. The number of hydrogen-bond donors (Lipinski definition) is 2. The number of rotatable bonds is 5. The molecule has 0 aliphatic carbocycles. The quantitative estimate of drug-likeness (QED) is 0.859. The Labute approximate surface area is 122 Å². The maximum atomic E-state index is 5.85. The molecule has 110 valence electrons. The molecule has 4 N–H and O–H groups in total. The van der Waals surface area contributed by atoms with E-state index in [1.54, 1.807) is 7.11 Å². The van der Waals surface area contributed by atoms with Crippen LogP contribution in [0.3, 0.4) is 0 Å². The zero-order valence-corrected chi connectivity index (χ0v) is 13.2. The van der Waals surface area contributed by atoms with Gasteiger partial charge < -0.3 is 16.2 Å². The van der Waals surface area contributed by atoms with Crippen molar-refractivity contribution in [1.82, 2.24) is 0 Å². The molecule has 0 bridgehead atoms. The van der Waals surface area contributed by atoms with Crippen molar-refractivity contribution < 1.29 is 4.74 Å². The molecule has 0 saturated heterocycles. The van der Waals surface area contributed by atoms with E-state index in [0.717, 1.165) is 23.3 Å². The van der Waals surface area contributed by atoms with Crippen LogP contribution >= 0.6 is 0 Å². The minimum Gasteiger partial charge on any atom is -0.496 e. The standard InChI is InChI=1S/C17H26N2O/c1-11(2)8-15(12(3)4)14-7-6-13(16(19)10-18)9-17(14)20-5/h6-7,9-11H,8,18-19H2,1-5H3/b16-10-. The highest BCUT2D eigenvalue weighted by Gasteiger charge is 2.13. The van der Waals surface area contributed by atoms with Gasteiger partial charge in [-0.05, 0) is 37.8 Å². The van der Waals surface area contributed by atoms with Crippen LogP contribution in [-0.2, 0) is 0 Å². The number of allylic oxidation sites excluding steroid dienone is 2. The van der Waals surface area contributed by atoms with E-state index in [4.69, 9.17) is 16.2 Å². The van der Waals surface area contributed by atoms with Gasteiger partial charge in [-0.2, -0.15) is 0 Å². The Bertz CT molecular complexity index is 524. The van der Waals surface area contributed by atoms with Crippen LogP contribution in [0.2, 0.25) is 0 Å². The molecule has 3 heteroatoms. The molecule has 0 aliphatic heterocycles. The molecule has 0 fully saturated rings. The summed E-state index contributed by atoms with van der Waals surface area (Å²) in [5.74, 6) is 1.43. The fraction of sp³-hybridized carbons (Fsp3) is 0.412. The van der Waals surface area contributed by atoms with Gasteiger partial charge in [-0.15, -0.1) is 0 Å². The van der Waals surface area contributed by atoms with E-state index in [9.17, 15) is 0 Å². The molecule has 0 spiro atoms. The molecular formula is C17H26N2O. The lowest BCUT2D eigenvalue weighted by Gasteiger charge is -2.17. The summed E-state index contributed by atoms with van der Waals surface area (Å²) in [6.45, 7) is 8.72. The Morgan fingerprint density at radius 2 is 1.95 bits per heavy atom. The lowest BCUT2D eigenvalue weighted by atomic mass is 9.91. The predicted octanol–water partition coefficient (Wildman–Crippen LogP) is 3.75. The Morgan fingerprint density at radius 1 is 1.30 bits per heavy atom. The van der Waals surface area contributed by atoms with Gasteiger partial charge in [-0.25, -0.2) is 0 Å². The van der Waals surface area contributed by atoms with Crippen molar-refractivity contribution in [2.24, 2.45) is 17.4 Å². The van der Waals surface area contributed by atoms with Crippen molar-refractivity contribution in [2.45, 2.75) is 34.1 Å². The van der Waals surface area contributed by atoms with Crippen LogP contribution in [0.4, 0.5) is 0 Å². The second-order valence-electron chi connectivity index (χ2n) is 5.61. The fourth-order valence-electron chi connectivity index (χ4n) is 2.21. The molecule has 3 nitrogen and oxygen atoms in total. The third-order valence-electron chi connectivity index (χ3n) is 3.26. The summed E-state index contributed by atoms with van der Waals surface area (Å²) in [6.07, 6.45) is 2.44. The third-order valence-corrected chi connectivity index (χ3v) is 3.26. The minimum absolute atomic E-state index is 0.553. The van der Waals surface area contributed by atoms with Gasteiger partial charge >= 0.3 is 0 Å². The fourth-order valence-corrected chi connectivity index (χ4v) is 2.21. The monoisotopic (exact) mass is 274 g/mol. The van der Waals surface area contributed by atoms with E-state index in [2.05, 4.69) is 33.8 Å². The van der Waals surface area contributed by atoms with Crippen LogP contribution in [0.15, 0.2) is 30.0 Å². The number of hydrogen-bond acceptors (Lipinski definition) is 3. The van der Waals surface area contributed by atoms with Crippen LogP contribution in [0.25, 0.3) is 11.3 Å². The van der Waals surface area contributed by atoms with Crippen molar-refractivity contribution >= 4 is 11.3 Å². The summed E-state index contributed by atoms with van der Waals surface area (Å²) in [5, 5.41) is 0. The van der Waals surface area contributed by atoms with Crippen LogP contribution in [0.5, 0.6) is 5.75 Å². The van der Waals surface area contributed by atoms with Gasteiger partial charge in [0.1, 0.15) is 5.75 Å². The summed E-state index contributed by atoms with van der Waals surface area (Å²) in [6, 6.07) is 5.99. The Hall–Kier alpha value is -1.90. The molecule has 1 aromatic carbocycles. The molecule has 0 aliphatic rings. The molecule has 20 heavy (non-hydrogen) atoms. The number of methoxy groups -OCH3 is 1. The van der Waals surface area contributed by atoms with E-state index < -0.39 is 0 Å². The highest BCUT2D eigenvalue weighted by atomic mass is 16.5. The van der Waals surface area contributed by atoms with Crippen molar-refractivity contribution in [1.29, 1.82) is 0 Å². The summed E-state index contributed by atoms with van der Waals surface area (Å²) >= 11 is 0. The van der Waals surface area contributed by atoms with Gasteiger partial charge in [-0.3, -0.25) is 0 Å². The molecule has 0 unspecified atom stereocenters. The predicted molar refractivity (Wildman–Crippen MR) is 87.1 cm³/mol. The van der Waals surface area contributed by atoms with Crippen LogP contribution in [-0.4, -0.2) is 7.11 Å². The van der Waals surface area contributed by atoms with Crippen molar-refractivity contribution in [3.8, 4) is 5.75 Å². The van der Waals surface area contributed by atoms with E-state index >= 15 is 0 Å². The molecule has 0 aromatic heterocycles. The van der Waals surface area contributed by atoms with Gasteiger partial charge in [0, 0.05) is 17.3 Å². The van der Waals surface area contributed by atoms with E-state index in [0.29, 0.717) is 11.6 Å². The van der Waals surface area contributed by atoms with E-state index in [-0.39, 0.29) is 0 Å². The molecular weight excluding hydrogens is 248 g/mol. The molecule has 0 atom stereocenters. The number of benzene rings is 1. The molecule has 1 aromatic rings. The van der Waals surface area contributed by atoms with Gasteiger partial charge in [0.25, 0.3) is 0 Å². The van der Waals surface area contributed by atoms with Crippen LogP contribution in [0, 0.1) is 5.92 Å². The first-order valence-electron chi connectivity index (χ1n) is 6.93. The topological polar surface area (TPSA) is 61.3 Å². The maximum Gasteiger partial charge on any atom is 0.127 e. The molecule has 0 radical (unpaired) electrons. The first-order valence-corrected chi connectivity index (χ1v) is 6.93. The lowest BCUT2D eigenvalue weighted by Crippen LogP contribution is -2.02. The first-order chi connectivity index (χ1) is 9.40. The summed E-state index contributed by atoms with van der Waals surface area (Å²) in [7, 11) is 1.68. The molecule has 1 rings (SSSR count). The van der Waals surface area contributed by atoms with Crippen LogP contribution in [0.1, 0.15) is 45.2 Å². The van der Waals surface area contributed by atoms with Crippen LogP contribution < -0.4 is 16.2 Å². The highest BCUT2D eigenvalue weighted by Crippen LogP contribution is 2.34. The average molecular weight is 274 g/mol. The second kappa shape index (κ2) is 7.04. The first kappa shape index (κ1) is 16.2. The minimum atomic E-state index is 0.553.